The number of hydrogen-bond donors (Lipinski definition) is 2. The van der Waals surface area contributed by atoms with E-state index in [-0.39, 0.29) is 24.4 Å². The van der Waals surface area contributed by atoms with E-state index < -0.39 is 0 Å². The molecule has 0 saturated heterocycles. The molecule has 2 aromatic rings. The molecule has 1 aromatic heterocycles. The summed E-state index contributed by atoms with van der Waals surface area (Å²) >= 11 is 0. The van der Waals surface area contributed by atoms with Crippen LogP contribution in [0.3, 0.4) is 0 Å². The number of hydrogen-bond acceptors (Lipinski definition) is 4. The number of halogens is 1. The number of aryl methyl sites for hydroxylation is 2. The van der Waals surface area contributed by atoms with Gasteiger partial charge < -0.3 is 15.5 Å². The summed E-state index contributed by atoms with van der Waals surface area (Å²) < 4.78 is 5.58. The Bertz CT molecular complexity index is 604. The molecule has 0 fully saturated rings. The normalized spacial score (nSPS) is 11.6. The Morgan fingerprint density at radius 2 is 2.14 bits per heavy atom. The van der Waals surface area contributed by atoms with Crippen molar-refractivity contribution >= 4 is 24.0 Å². The molecule has 21 heavy (non-hydrogen) atoms. The second-order valence-corrected chi connectivity index (χ2v) is 4.97. The number of benzene rings is 1. The van der Waals surface area contributed by atoms with Crippen LogP contribution in [0.2, 0.25) is 0 Å². The first-order valence-electron chi connectivity index (χ1n) is 6.55. The molecule has 114 valence electrons. The fraction of sp³-hybridized carbons (Fsp3) is 0.333. The van der Waals surface area contributed by atoms with E-state index in [4.69, 9.17) is 10.2 Å². The standard InChI is InChI=1S/C15H19N3O2.ClH/c1-9(16)7-14(19)18-13-6-4-5-12(8-13)15-17-10(2)11(3)20-15;/h4-6,8-9H,7,16H2,1-3H3,(H,18,19);1H. The van der Waals surface area contributed by atoms with Gasteiger partial charge in [-0.1, -0.05) is 6.07 Å². The van der Waals surface area contributed by atoms with Gasteiger partial charge in [0.2, 0.25) is 11.8 Å². The molecule has 0 aliphatic carbocycles. The molecule has 1 heterocycles. The molecule has 0 saturated carbocycles. The number of amides is 1. The lowest BCUT2D eigenvalue weighted by Gasteiger charge is -2.07. The summed E-state index contributed by atoms with van der Waals surface area (Å²) in [5, 5.41) is 2.82. The Hall–Kier alpha value is -1.85. The number of carbonyl (C=O) groups excluding carboxylic acids is 1. The molecule has 3 N–H and O–H groups in total. The van der Waals surface area contributed by atoms with Crippen molar-refractivity contribution in [1.29, 1.82) is 0 Å². The van der Waals surface area contributed by atoms with Crippen molar-refractivity contribution < 1.29 is 9.21 Å². The van der Waals surface area contributed by atoms with Crippen LogP contribution in [0, 0.1) is 13.8 Å². The molecule has 0 aliphatic rings. The summed E-state index contributed by atoms with van der Waals surface area (Å²) in [4.78, 5) is 16.0. The van der Waals surface area contributed by atoms with Crippen molar-refractivity contribution in [3.05, 3.63) is 35.7 Å². The van der Waals surface area contributed by atoms with Gasteiger partial charge in [0, 0.05) is 23.7 Å². The highest BCUT2D eigenvalue weighted by Crippen LogP contribution is 2.24. The molecular weight excluding hydrogens is 290 g/mol. The third-order valence-electron chi connectivity index (χ3n) is 2.93. The molecule has 6 heteroatoms. The van der Waals surface area contributed by atoms with Crippen LogP contribution in [0.4, 0.5) is 5.69 Å². The van der Waals surface area contributed by atoms with Gasteiger partial charge in [0.25, 0.3) is 0 Å². The third kappa shape index (κ3) is 4.58. The minimum atomic E-state index is -0.157. The van der Waals surface area contributed by atoms with Crippen LogP contribution in [-0.2, 0) is 4.79 Å². The number of anilines is 1. The Labute approximate surface area is 130 Å². The first kappa shape index (κ1) is 17.2. The van der Waals surface area contributed by atoms with Crippen molar-refractivity contribution in [3.63, 3.8) is 0 Å². The first-order chi connectivity index (χ1) is 9.45. The zero-order valence-electron chi connectivity index (χ0n) is 12.3. The highest BCUT2D eigenvalue weighted by Gasteiger charge is 2.10. The Morgan fingerprint density at radius 3 is 2.71 bits per heavy atom. The lowest BCUT2D eigenvalue weighted by Crippen LogP contribution is -2.23. The highest BCUT2D eigenvalue weighted by atomic mass is 35.5. The number of carbonyl (C=O) groups is 1. The van der Waals surface area contributed by atoms with Gasteiger partial charge in [0.1, 0.15) is 5.76 Å². The molecule has 0 spiro atoms. The van der Waals surface area contributed by atoms with E-state index in [0.29, 0.717) is 18.0 Å². The van der Waals surface area contributed by atoms with Crippen LogP contribution in [0.1, 0.15) is 24.8 Å². The highest BCUT2D eigenvalue weighted by molar-refractivity contribution is 5.91. The van der Waals surface area contributed by atoms with Crippen molar-refractivity contribution in [2.75, 3.05) is 5.32 Å². The molecule has 0 bridgehead atoms. The Balaban J connectivity index is 0.00000220. The summed E-state index contributed by atoms with van der Waals surface area (Å²) in [6.45, 7) is 5.57. The monoisotopic (exact) mass is 309 g/mol. The number of nitrogens with one attached hydrogen (secondary N) is 1. The molecule has 1 aromatic carbocycles. The minimum absolute atomic E-state index is 0. The second kappa shape index (κ2) is 7.24. The topological polar surface area (TPSA) is 81.2 Å². The van der Waals surface area contributed by atoms with Crippen LogP contribution in [0.25, 0.3) is 11.5 Å². The third-order valence-corrected chi connectivity index (χ3v) is 2.93. The van der Waals surface area contributed by atoms with Gasteiger partial charge in [-0.05, 0) is 39.0 Å². The average molecular weight is 310 g/mol. The fourth-order valence-corrected chi connectivity index (χ4v) is 1.83. The number of rotatable bonds is 4. The smallest absolute Gasteiger partial charge is 0.226 e. The quantitative estimate of drug-likeness (QED) is 0.909. The molecule has 2 rings (SSSR count). The predicted octanol–water partition coefficient (Wildman–Crippen LogP) is 3.06. The summed E-state index contributed by atoms with van der Waals surface area (Å²) in [7, 11) is 0. The van der Waals surface area contributed by atoms with Crippen molar-refractivity contribution in [1.82, 2.24) is 4.98 Å². The SMILES string of the molecule is Cc1nc(-c2cccc(NC(=O)CC(C)N)c2)oc1C.Cl. The minimum Gasteiger partial charge on any atom is -0.441 e. The van der Waals surface area contributed by atoms with E-state index in [9.17, 15) is 4.79 Å². The molecule has 0 aliphatic heterocycles. The van der Waals surface area contributed by atoms with Gasteiger partial charge in [-0.25, -0.2) is 4.98 Å². The van der Waals surface area contributed by atoms with E-state index >= 15 is 0 Å². The largest absolute Gasteiger partial charge is 0.441 e. The lowest BCUT2D eigenvalue weighted by molar-refractivity contribution is -0.116. The van der Waals surface area contributed by atoms with Crippen LogP contribution >= 0.6 is 12.4 Å². The maximum Gasteiger partial charge on any atom is 0.226 e. The van der Waals surface area contributed by atoms with E-state index in [2.05, 4.69) is 10.3 Å². The zero-order valence-corrected chi connectivity index (χ0v) is 13.2. The maximum absolute atomic E-state index is 11.7. The number of nitrogens with two attached hydrogens (primary N) is 1. The van der Waals surface area contributed by atoms with Crippen LogP contribution in [0.15, 0.2) is 28.7 Å². The van der Waals surface area contributed by atoms with Crippen LogP contribution < -0.4 is 11.1 Å². The van der Waals surface area contributed by atoms with Gasteiger partial charge in [-0.3, -0.25) is 4.79 Å². The molecule has 0 radical (unpaired) electrons. The molecule has 1 atom stereocenters. The van der Waals surface area contributed by atoms with E-state index in [1.807, 2.05) is 38.1 Å². The number of oxazole rings is 1. The number of aromatic nitrogens is 1. The summed E-state index contributed by atoms with van der Waals surface area (Å²) in [6.07, 6.45) is 0.293. The lowest BCUT2D eigenvalue weighted by atomic mass is 10.2. The van der Waals surface area contributed by atoms with E-state index in [1.54, 1.807) is 6.92 Å². The fourth-order valence-electron chi connectivity index (χ4n) is 1.83. The molecule has 1 amide bonds. The van der Waals surface area contributed by atoms with E-state index in [0.717, 1.165) is 17.0 Å². The van der Waals surface area contributed by atoms with Crippen molar-refractivity contribution in [2.24, 2.45) is 5.73 Å². The van der Waals surface area contributed by atoms with Crippen molar-refractivity contribution in [3.8, 4) is 11.5 Å². The van der Waals surface area contributed by atoms with Crippen LogP contribution in [0.5, 0.6) is 0 Å². The summed E-state index contributed by atoms with van der Waals surface area (Å²) in [5.74, 6) is 1.26. The second-order valence-electron chi connectivity index (χ2n) is 4.97. The van der Waals surface area contributed by atoms with E-state index in [1.165, 1.54) is 0 Å². The summed E-state index contributed by atoms with van der Waals surface area (Å²) in [5.41, 5.74) is 8.01. The molecule has 5 nitrogen and oxygen atoms in total. The van der Waals surface area contributed by atoms with Crippen molar-refractivity contribution in [2.45, 2.75) is 33.2 Å². The predicted molar refractivity (Wildman–Crippen MR) is 85.6 cm³/mol. The zero-order chi connectivity index (χ0) is 14.7. The van der Waals surface area contributed by atoms with Gasteiger partial charge >= 0.3 is 0 Å². The van der Waals surface area contributed by atoms with Gasteiger partial charge in [0.15, 0.2) is 0 Å². The summed E-state index contributed by atoms with van der Waals surface area (Å²) in [6, 6.07) is 7.25. The maximum atomic E-state index is 11.7. The van der Waals surface area contributed by atoms with Crippen LogP contribution in [-0.4, -0.2) is 16.9 Å². The molecule has 1 unspecified atom stereocenters. The Morgan fingerprint density at radius 1 is 1.43 bits per heavy atom. The average Bonchev–Trinajstić information content (AvgIpc) is 2.69. The van der Waals surface area contributed by atoms with Gasteiger partial charge in [-0.15, -0.1) is 12.4 Å². The number of nitrogens with zero attached hydrogens (tertiary/aromatic N) is 1. The van der Waals surface area contributed by atoms with Gasteiger partial charge in [0.05, 0.1) is 5.69 Å². The van der Waals surface area contributed by atoms with Gasteiger partial charge in [-0.2, -0.15) is 0 Å². The first-order valence-corrected chi connectivity index (χ1v) is 6.55. The Kier molecular flexibility index (Phi) is 5.93. The molecular formula is C15H20ClN3O2.